The fraction of sp³-hybridized carbons (Fsp3) is 0.0169. The molecule has 0 bridgehead atoms. The summed E-state index contributed by atoms with van der Waals surface area (Å²) in [4.78, 5) is 23.4. The van der Waals surface area contributed by atoms with Crippen LogP contribution in [-0.4, -0.2) is 19.9 Å². The van der Waals surface area contributed by atoms with E-state index in [4.69, 9.17) is 19.9 Å². The Balaban J connectivity index is 1.02. The number of aromatic nitrogens is 4. The zero-order valence-corrected chi connectivity index (χ0v) is 35.3. The smallest absolute Gasteiger partial charge is 0.164 e. The van der Waals surface area contributed by atoms with Crippen molar-refractivity contribution >= 4 is 33.4 Å². The predicted octanol–water partition coefficient (Wildman–Crippen LogP) is 14.7. The van der Waals surface area contributed by atoms with Gasteiger partial charge in [-0.2, -0.15) is 0 Å². The molecule has 2 aliphatic rings. The van der Waals surface area contributed by atoms with Crippen molar-refractivity contribution in [1.29, 1.82) is 0 Å². The SMILES string of the molecule is c1ccc(-c2cccc(-c3nc(-c4ccccc4)nc(-c4cccc(-c5nc6ccccc6c6c7c(ccc56)C5(c6ccccc6S7)c6ccccc6-c6ccccc65)c4)n3)c2)cc1. The number of hydrogen-bond donors (Lipinski definition) is 0. The molecule has 9 aromatic carbocycles. The molecule has 4 nitrogen and oxygen atoms in total. The van der Waals surface area contributed by atoms with Gasteiger partial charge in [0.15, 0.2) is 17.5 Å². The van der Waals surface area contributed by atoms with Gasteiger partial charge in [0.25, 0.3) is 0 Å². The van der Waals surface area contributed by atoms with Crippen molar-refractivity contribution in [2.24, 2.45) is 0 Å². The highest BCUT2D eigenvalue weighted by atomic mass is 32.2. The molecule has 0 fully saturated rings. The summed E-state index contributed by atoms with van der Waals surface area (Å²) in [5, 5.41) is 3.47. The molecule has 298 valence electrons. The molecule has 0 radical (unpaired) electrons. The van der Waals surface area contributed by atoms with Crippen molar-refractivity contribution in [1.82, 2.24) is 19.9 Å². The first-order valence-electron chi connectivity index (χ1n) is 21.6. The Morgan fingerprint density at radius 2 is 0.844 bits per heavy atom. The van der Waals surface area contributed by atoms with E-state index in [2.05, 4.69) is 194 Å². The third kappa shape index (κ3) is 5.57. The van der Waals surface area contributed by atoms with Crippen molar-refractivity contribution in [3.63, 3.8) is 0 Å². The van der Waals surface area contributed by atoms with E-state index in [1.807, 2.05) is 36.0 Å². The molecule has 0 saturated heterocycles. The van der Waals surface area contributed by atoms with Crippen molar-refractivity contribution in [3.05, 3.63) is 241 Å². The van der Waals surface area contributed by atoms with Gasteiger partial charge in [-0.3, -0.25) is 0 Å². The molecule has 0 amide bonds. The number of nitrogens with zero attached hydrogens (tertiary/aromatic N) is 4. The Hall–Kier alpha value is -7.99. The van der Waals surface area contributed by atoms with Crippen LogP contribution in [0.15, 0.2) is 228 Å². The van der Waals surface area contributed by atoms with Crippen LogP contribution in [0.3, 0.4) is 0 Å². The molecular formula is C59H36N4S. The normalized spacial score (nSPS) is 13.1. The summed E-state index contributed by atoms with van der Waals surface area (Å²) in [5.41, 5.74) is 15.3. The van der Waals surface area contributed by atoms with Gasteiger partial charge in [-0.15, -0.1) is 0 Å². The Morgan fingerprint density at radius 3 is 1.55 bits per heavy atom. The van der Waals surface area contributed by atoms with Crippen molar-refractivity contribution < 1.29 is 0 Å². The minimum atomic E-state index is -0.476. The maximum atomic E-state index is 5.47. The van der Waals surface area contributed by atoms with Crippen LogP contribution < -0.4 is 0 Å². The van der Waals surface area contributed by atoms with E-state index in [9.17, 15) is 0 Å². The lowest BCUT2D eigenvalue weighted by Crippen LogP contribution is -2.32. The highest BCUT2D eigenvalue weighted by molar-refractivity contribution is 7.99. The quantitative estimate of drug-likeness (QED) is 0.162. The topological polar surface area (TPSA) is 51.6 Å². The third-order valence-electron chi connectivity index (χ3n) is 13.0. The first kappa shape index (κ1) is 36.6. The summed E-state index contributed by atoms with van der Waals surface area (Å²) in [6.07, 6.45) is 0. The standard InChI is InChI=1S/C59H36N4S/c1-3-17-37(18-4-1)39-21-15-23-41(35-39)57-61-56(38-19-5-2-6-20-38)62-58(63-57)42-24-16-22-40(36-42)54-46-33-34-50-55(53(46)45-27-9-13-31-51(45)60-54)64-52-32-14-12-30-49(52)59(50)47-28-10-7-25-43(47)44-26-8-11-29-48(44)59/h1-36H. The Labute approximate surface area is 375 Å². The second-order valence-electron chi connectivity index (χ2n) is 16.5. The summed E-state index contributed by atoms with van der Waals surface area (Å²) in [7, 11) is 0. The monoisotopic (exact) mass is 832 g/mol. The predicted molar refractivity (Wildman–Crippen MR) is 261 cm³/mol. The molecule has 64 heavy (non-hydrogen) atoms. The molecule has 0 N–H and O–H groups in total. The van der Waals surface area contributed by atoms with Crippen molar-refractivity contribution in [2.75, 3.05) is 0 Å². The van der Waals surface area contributed by atoms with E-state index in [0.29, 0.717) is 17.5 Å². The van der Waals surface area contributed by atoms with Gasteiger partial charge in [0, 0.05) is 48.2 Å². The highest BCUT2D eigenvalue weighted by Crippen LogP contribution is 2.63. The average Bonchev–Trinajstić information content (AvgIpc) is 3.67. The molecule has 0 unspecified atom stereocenters. The molecule has 5 heteroatoms. The maximum absolute atomic E-state index is 5.47. The molecule has 1 spiro atoms. The van der Waals surface area contributed by atoms with E-state index in [1.165, 1.54) is 48.6 Å². The largest absolute Gasteiger partial charge is 0.247 e. The minimum absolute atomic E-state index is 0.476. The van der Waals surface area contributed by atoms with Gasteiger partial charge >= 0.3 is 0 Å². The first-order valence-corrected chi connectivity index (χ1v) is 22.4. The van der Waals surface area contributed by atoms with E-state index in [-0.39, 0.29) is 0 Å². The fourth-order valence-corrected chi connectivity index (χ4v) is 11.5. The minimum Gasteiger partial charge on any atom is -0.247 e. The lowest BCUT2D eigenvalue weighted by Gasteiger charge is -2.40. The number of hydrogen-bond acceptors (Lipinski definition) is 5. The van der Waals surface area contributed by atoms with Gasteiger partial charge in [0.1, 0.15) is 0 Å². The number of benzene rings is 9. The average molecular weight is 833 g/mol. The van der Waals surface area contributed by atoms with Gasteiger partial charge in [-0.25, -0.2) is 19.9 Å². The number of fused-ring (bicyclic) bond motifs is 13. The van der Waals surface area contributed by atoms with Gasteiger partial charge in [-0.05, 0) is 68.8 Å². The Kier molecular flexibility index (Phi) is 8.33. The molecule has 1 aliphatic heterocycles. The molecule has 3 heterocycles. The second-order valence-corrected chi connectivity index (χ2v) is 17.5. The van der Waals surface area contributed by atoms with Crippen LogP contribution in [0.1, 0.15) is 22.3 Å². The lowest BCUT2D eigenvalue weighted by atomic mass is 9.67. The molecule has 2 aromatic heterocycles. The van der Waals surface area contributed by atoms with Gasteiger partial charge in [0.05, 0.1) is 16.6 Å². The summed E-state index contributed by atoms with van der Waals surface area (Å²) in [6, 6.07) is 77.9. The van der Waals surface area contributed by atoms with Crippen LogP contribution >= 0.6 is 11.8 Å². The van der Waals surface area contributed by atoms with Gasteiger partial charge < -0.3 is 0 Å². The first-order chi connectivity index (χ1) is 31.7. The van der Waals surface area contributed by atoms with E-state index in [1.54, 1.807) is 0 Å². The summed E-state index contributed by atoms with van der Waals surface area (Å²) < 4.78 is 0. The van der Waals surface area contributed by atoms with Crippen molar-refractivity contribution in [2.45, 2.75) is 15.2 Å². The lowest BCUT2D eigenvalue weighted by molar-refractivity contribution is 0.726. The van der Waals surface area contributed by atoms with Crippen LogP contribution in [0.5, 0.6) is 0 Å². The Bertz CT molecular complexity index is 3610. The van der Waals surface area contributed by atoms with Crippen LogP contribution in [0, 0.1) is 0 Å². The van der Waals surface area contributed by atoms with Crippen LogP contribution in [0.4, 0.5) is 0 Å². The second kappa shape index (κ2) is 14.6. The molecule has 0 atom stereocenters. The summed E-state index contributed by atoms with van der Waals surface area (Å²) in [6.45, 7) is 0. The zero-order valence-electron chi connectivity index (χ0n) is 34.5. The van der Waals surface area contributed by atoms with E-state index < -0.39 is 5.41 Å². The molecule has 1 aliphatic carbocycles. The summed E-state index contributed by atoms with van der Waals surface area (Å²) in [5.74, 6) is 1.85. The number of para-hydroxylation sites is 1. The maximum Gasteiger partial charge on any atom is 0.164 e. The number of pyridine rings is 1. The van der Waals surface area contributed by atoms with Gasteiger partial charge in [0.2, 0.25) is 0 Å². The molecule has 0 saturated carbocycles. The van der Waals surface area contributed by atoms with Crippen LogP contribution in [-0.2, 0) is 5.41 Å². The third-order valence-corrected chi connectivity index (χ3v) is 14.2. The van der Waals surface area contributed by atoms with E-state index >= 15 is 0 Å². The van der Waals surface area contributed by atoms with Crippen LogP contribution in [0.25, 0.3) is 89.4 Å². The molecule has 11 aromatic rings. The zero-order chi connectivity index (χ0) is 42.2. The van der Waals surface area contributed by atoms with E-state index in [0.717, 1.165) is 55.4 Å². The summed E-state index contributed by atoms with van der Waals surface area (Å²) >= 11 is 1.88. The Morgan fingerprint density at radius 1 is 0.328 bits per heavy atom. The van der Waals surface area contributed by atoms with Crippen LogP contribution in [0.2, 0.25) is 0 Å². The molecular weight excluding hydrogens is 797 g/mol. The fourth-order valence-electron chi connectivity index (χ4n) is 10.2. The van der Waals surface area contributed by atoms with Gasteiger partial charge in [-0.1, -0.05) is 206 Å². The van der Waals surface area contributed by atoms with Crippen molar-refractivity contribution in [3.8, 4) is 67.7 Å². The number of rotatable bonds is 5. The highest BCUT2D eigenvalue weighted by Gasteiger charge is 2.50. The molecule has 13 rings (SSSR count).